The minimum Gasteiger partial charge on any atom is -0.335 e. The maximum absolute atomic E-state index is 3.69. The Bertz CT molecular complexity index is 1310. The van der Waals surface area contributed by atoms with Gasteiger partial charge in [0.25, 0.3) is 0 Å². The van der Waals surface area contributed by atoms with E-state index in [1.54, 1.807) is 0 Å². The topological polar surface area (TPSA) is 37.7 Å². The lowest BCUT2D eigenvalue weighted by Crippen LogP contribution is -2.37. The number of para-hydroxylation sites is 2. The second-order valence-corrected chi connectivity index (χ2v) is 13.1. The Kier molecular flexibility index (Phi) is 10.8. The highest BCUT2D eigenvalue weighted by Gasteiger charge is 2.25. The van der Waals surface area contributed by atoms with Gasteiger partial charge in [-0.15, -0.1) is 0 Å². The number of likely N-dealkylation sites (tertiary alicyclic amines) is 2. The fourth-order valence-corrected chi connectivity index (χ4v) is 7.77. The number of nitrogens with zero attached hydrogens (tertiary/aromatic N) is 4. The number of aryl methyl sites for hydroxylation is 1. The first-order chi connectivity index (χ1) is 20.8. The van der Waals surface area contributed by atoms with Crippen LogP contribution in [0.5, 0.6) is 0 Å². The monoisotopic (exact) mass is 585 g/mol. The van der Waals surface area contributed by atoms with Gasteiger partial charge in [0.15, 0.2) is 6.20 Å². The van der Waals surface area contributed by atoms with Gasteiger partial charge in [-0.05, 0) is 94.7 Å². The predicted octanol–water partition coefficient (Wildman–Crippen LogP) is 5.19. The van der Waals surface area contributed by atoms with Crippen molar-refractivity contribution in [1.82, 2.24) is 20.4 Å². The highest BCUT2D eigenvalue weighted by molar-refractivity contribution is 8.03. The number of benzene rings is 2. The lowest BCUT2D eigenvalue weighted by molar-refractivity contribution is -0.671. The zero-order chi connectivity index (χ0) is 28.4. The second-order valence-electron chi connectivity index (χ2n) is 12.0. The molecule has 0 aliphatic carbocycles. The normalized spacial score (nSPS) is 18.6. The molecule has 42 heavy (non-hydrogen) atoms. The van der Waals surface area contributed by atoms with E-state index < -0.39 is 0 Å². The molecule has 0 radical (unpaired) electrons. The second kappa shape index (κ2) is 15.3. The summed E-state index contributed by atoms with van der Waals surface area (Å²) >= 11 is 1.91. The number of hydrogen-bond acceptors (Lipinski definition) is 6. The van der Waals surface area contributed by atoms with Crippen molar-refractivity contribution in [2.45, 2.75) is 50.0 Å². The van der Waals surface area contributed by atoms with E-state index >= 15 is 0 Å². The molecule has 0 spiro atoms. The molecule has 0 bridgehead atoms. The fraction of sp³-hybridized carbons (Fsp3) is 0.514. The molecule has 2 aromatic carbocycles. The van der Waals surface area contributed by atoms with E-state index in [1.165, 1.54) is 97.0 Å². The molecule has 0 unspecified atom stereocenters. The molecule has 3 aromatic rings. The Hall–Kier alpha value is -2.42. The van der Waals surface area contributed by atoms with E-state index in [0.29, 0.717) is 0 Å². The molecule has 6 rings (SSSR count). The van der Waals surface area contributed by atoms with Crippen LogP contribution in [0.25, 0.3) is 17.0 Å². The van der Waals surface area contributed by atoms with Gasteiger partial charge in [0.1, 0.15) is 6.54 Å². The summed E-state index contributed by atoms with van der Waals surface area (Å²) in [6.45, 7) is 13.9. The van der Waals surface area contributed by atoms with Gasteiger partial charge in [-0.3, -0.25) is 0 Å². The van der Waals surface area contributed by atoms with Crippen LogP contribution in [0.1, 0.15) is 44.1 Å². The number of anilines is 1. The van der Waals surface area contributed by atoms with Gasteiger partial charge in [-0.25, -0.2) is 0 Å². The molecule has 2 fully saturated rings. The van der Waals surface area contributed by atoms with E-state index in [2.05, 4.69) is 96.8 Å². The first-order valence-corrected chi connectivity index (χ1v) is 17.2. The highest BCUT2D eigenvalue weighted by Crippen LogP contribution is 2.46. The Balaban J connectivity index is 1.07. The number of thioether (sulfide) groups is 1. The molecule has 2 saturated heterocycles. The van der Waals surface area contributed by atoms with Crippen LogP contribution in [0.3, 0.4) is 0 Å². The van der Waals surface area contributed by atoms with Gasteiger partial charge < -0.3 is 25.3 Å². The molecular weight excluding hydrogens is 536 g/mol. The van der Waals surface area contributed by atoms with Crippen LogP contribution >= 0.6 is 11.8 Å². The Morgan fingerprint density at radius 2 is 1.38 bits per heavy atom. The number of fused-ring (bicyclic) bond motifs is 2. The average molecular weight is 586 g/mol. The largest absolute Gasteiger partial charge is 0.335 e. The van der Waals surface area contributed by atoms with Crippen molar-refractivity contribution >= 4 is 34.4 Å². The van der Waals surface area contributed by atoms with E-state index in [-0.39, 0.29) is 0 Å². The maximum Gasteiger partial charge on any atom is 0.213 e. The van der Waals surface area contributed by atoms with Crippen LogP contribution in [0.2, 0.25) is 0 Å². The van der Waals surface area contributed by atoms with Crippen LogP contribution in [-0.2, 0) is 6.54 Å². The minimum absolute atomic E-state index is 1.03. The van der Waals surface area contributed by atoms with Crippen molar-refractivity contribution in [2.75, 3.05) is 76.9 Å². The smallest absolute Gasteiger partial charge is 0.213 e. The lowest BCUT2D eigenvalue weighted by Gasteiger charge is -2.21. The van der Waals surface area contributed by atoms with Gasteiger partial charge >= 0.3 is 0 Å². The maximum atomic E-state index is 3.69. The number of rotatable bonds is 15. The Morgan fingerprint density at radius 1 is 0.714 bits per heavy atom. The van der Waals surface area contributed by atoms with E-state index in [9.17, 15) is 0 Å². The predicted molar refractivity (Wildman–Crippen MR) is 178 cm³/mol. The average Bonchev–Trinajstić information content (AvgIpc) is 3.80. The van der Waals surface area contributed by atoms with Crippen LogP contribution in [0.15, 0.2) is 70.7 Å². The molecule has 224 valence electrons. The van der Waals surface area contributed by atoms with Crippen LogP contribution in [-0.4, -0.2) is 81.8 Å². The molecule has 2 N–H and O–H groups in total. The van der Waals surface area contributed by atoms with Crippen molar-refractivity contribution in [3.63, 3.8) is 0 Å². The SMILES string of the molecule is C(=C1/Sc2ccccc2N1CCCNCCN1CCCC1)/c1cc[n+](CCCNCCN2CCCC2)c2ccccc12. The third-order valence-electron chi connectivity index (χ3n) is 8.97. The Morgan fingerprint density at radius 3 is 2.14 bits per heavy atom. The van der Waals surface area contributed by atoms with Gasteiger partial charge in [0.05, 0.1) is 16.1 Å². The number of pyridine rings is 1. The van der Waals surface area contributed by atoms with Crippen molar-refractivity contribution in [3.8, 4) is 0 Å². The van der Waals surface area contributed by atoms with E-state index in [4.69, 9.17) is 0 Å². The van der Waals surface area contributed by atoms with Gasteiger partial charge in [-0.1, -0.05) is 36.0 Å². The number of hydrogen-bond donors (Lipinski definition) is 2. The van der Waals surface area contributed by atoms with Gasteiger partial charge in [-0.2, -0.15) is 4.57 Å². The fourth-order valence-electron chi connectivity index (χ4n) is 6.63. The van der Waals surface area contributed by atoms with Crippen molar-refractivity contribution in [1.29, 1.82) is 0 Å². The van der Waals surface area contributed by atoms with Gasteiger partial charge in [0.2, 0.25) is 5.52 Å². The molecule has 3 aliphatic heterocycles. The molecule has 0 amide bonds. The van der Waals surface area contributed by atoms with Crippen molar-refractivity contribution in [2.24, 2.45) is 0 Å². The third-order valence-corrected chi connectivity index (χ3v) is 10.1. The van der Waals surface area contributed by atoms with Crippen molar-refractivity contribution < 1.29 is 4.57 Å². The number of nitrogens with one attached hydrogen (secondary N) is 2. The molecule has 7 heteroatoms. The number of aromatic nitrogens is 1. The Labute approximate surface area is 257 Å². The summed E-state index contributed by atoms with van der Waals surface area (Å²) < 4.78 is 2.43. The summed E-state index contributed by atoms with van der Waals surface area (Å²) in [5.41, 5.74) is 3.96. The molecule has 0 saturated carbocycles. The van der Waals surface area contributed by atoms with Crippen LogP contribution in [0, 0.1) is 0 Å². The first kappa shape index (κ1) is 29.6. The zero-order valence-corrected chi connectivity index (χ0v) is 26.1. The molecule has 0 atom stereocenters. The van der Waals surface area contributed by atoms with Crippen LogP contribution < -0.4 is 20.1 Å². The molecule has 4 heterocycles. The van der Waals surface area contributed by atoms with Crippen LogP contribution in [0.4, 0.5) is 5.69 Å². The van der Waals surface area contributed by atoms with Gasteiger partial charge in [0, 0.05) is 62.7 Å². The molecule has 3 aliphatic rings. The highest BCUT2D eigenvalue weighted by atomic mass is 32.2. The standard InChI is InChI=1S/C35H49N6S/c1-2-12-32-31(11-1)30(15-26-40(32)24-9-16-36-18-27-38-20-5-6-21-38)29-35-41(33-13-3-4-14-34(33)42-35)25-10-17-37-19-28-39-22-7-8-23-39/h1-4,11-15,26,29,36-37H,5-10,16-25,27-28H2/q+1. The molecule has 1 aromatic heterocycles. The summed E-state index contributed by atoms with van der Waals surface area (Å²) in [5, 5.41) is 10.0. The summed E-state index contributed by atoms with van der Waals surface area (Å²) in [6, 6.07) is 20.1. The summed E-state index contributed by atoms with van der Waals surface area (Å²) in [5.74, 6) is 0. The summed E-state index contributed by atoms with van der Waals surface area (Å²) in [6.07, 6.45) is 12.5. The quantitative estimate of drug-likeness (QED) is 0.189. The van der Waals surface area contributed by atoms with Crippen molar-refractivity contribution in [3.05, 3.63) is 71.4 Å². The zero-order valence-electron chi connectivity index (χ0n) is 25.3. The molecular formula is C35H49N6S+. The first-order valence-electron chi connectivity index (χ1n) is 16.4. The summed E-state index contributed by atoms with van der Waals surface area (Å²) in [4.78, 5) is 9.06. The molecule has 6 nitrogen and oxygen atoms in total. The lowest BCUT2D eigenvalue weighted by atomic mass is 10.1. The third kappa shape index (κ3) is 7.74. The van der Waals surface area contributed by atoms with E-state index in [0.717, 1.165) is 52.1 Å². The van der Waals surface area contributed by atoms with E-state index in [1.807, 2.05) is 11.8 Å². The minimum atomic E-state index is 1.03. The summed E-state index contributed by atoms with van der Waals surface area (Å²) in [7, 11) is 0.